The second-order valence-corrected chi connectivity index (χ2v) is 7.91. The molecule has 0 spiro atoms. The molecule has 0 radical (unpaired) electrons. The summed E-state index contributed by atoms with van der Waals surface area (Å²) >= 11 is 2.74. The van der Waals surface area contributed by atoms with Crippen molar-refractivity contribution in [2.75, 3.05) is 24.5 Å². The van der Waals surface area contributed by atoms with Gasteiger partial charge in [0.05, 0.1) is 18.0 Å². The van der Waals surface area contributed by atoms with Crippen molar-refractivity contribution in [2.45, 2.75) is 11.3 Å². The van der Waals surface area contributed by atoms with Crippen LogP contribution in [0.5, 0.6) is 17.2 Å². The summed E-state index contributed by atoms with van der Waals surface area (Å²) in [5, 5.41) is 12.1. The molecule has 0 unspecified atom stereocenters. The van der Waals surface area contributed by atoms with E-state index in [9.17, 15) is 4.79 Å². The van der Waals surface area contributed by atoms with E-state index in [0.717, 1.165) is 11.4 Å². The summed E-state index contributed by atoms with van der Waals surface area (Å²) in [6, 6.07) is 12.9. The molecule has 4 rings (SSSR count). The Balaban J connectivity index is 1.37. The number of Topliss-reactive ketones (excluding diaryl/α,β-unsaturated/α-hetero) is 1. The third-order valence-corrected chi connectivity index (χ3v) is 5.83. The first-order chi connectivity index (χ1) is 13.7. The van der Waals surface area contributed by atoms with Crippen molar-refractivity contribution < 1.29 is 19.0 Å². The summed E-state index contributed by atoms with van der Waals surface area (Å²) in [5.74, 6) is 2.29. The molecule has 1 aliphatic rings. The van der Waals surface area contributed by atoms with Crippen LogP contribution in [0.3, 0.4) is 0 Å². The number of aromatic nitrogens is 2. The monoisotopic (exact) mass is 415 g/mol. The number of carbonyl (C=O) groups excluding carboxylic acids is 1. The van der Waals surface area contributed by atoms with Gasteiger partial charge in [-0.1, -0.05) is 35.2 Å². The van der Waals surface area contributed by atoms with Gasteiger partial charge in [0.1, 0.15) is 5.75 Å². The number of ether oxygens (including phenoxy) is 3. The summed E-state index contributed by atoms with van der Waals surface area (Å²) in [5.41, 5.74) is 1.42. The first-order valence-electron chi connectivity index (χ1n) is 8.61. The minimum absolute atomic E-state index is 0.00491. The Hall–Kier alpha value is -2.78. The maximum Gasteiger partial charge on any atom is 0.231 e. The summed E-state index contributed by atoms with van der Waals surface area (Å²) in [6.07, 6.45) is 0. The minimum atomic E-state index is -0.00491. The van der Waals surface area contributed by atoms with Crippen LogP contribution in [0.2, 0.25) is 0 Å². The molecular weight excluding hydrogens is 398 g/mol. The van der Waals surface area contributed by atoms with Crippen LogP contribution in [0.15, 0.2) is 46.8 Å². The predicted octanol–water partition coefficient (Wildman–Crippen LogP) is 4.38. The fraction of sp³-hybridized carbons (Fsp3) is 0.211. The second kappa shape index (κ2) is 8.49. The fourth-order valence-electron chi connectivity index (χ4n) is 2.57. The van der Waals surface area contributed by atoms with Crippen LogP contribution in [0, 0.1) is 0 Å². The minimum Gasteiger partial charge on any atom is -0.492 e. The highest BCUT2D eigenvalue weighted by molar-refractivity contribution is 8.01. The molecule has 3 aromatic rings. The third kappa shape index (κ3) is 4.20. The van der Waals surface area contributed by atoms with Gasteiger partial charge in [-0.15, -0.1) is 10.2 Å². The SMILES string of the molecule is CCOc1ccccc1Nc1nnc(SCC(=O)c2ccc3c(c2)OCO3)s1. The summed E-state index contributed by atoms with van der Waals surface area (Å²) in [6.45, 7) is 2.71. The van der Waals surface area contributed by atoms with Crippen molar-refractivity contribution >= 4 is 39.7 Å². The number of rotatable bonds is 8. The highest BCUT2D eigenvalue weighted by Crippen LogP contribution is 2.34. The van der Waals surface area contributed by atoms with E-state index in [1.807, 2.05) is 31.2 Å². The van der Waals surface area contributed by atoms with Crippen LogP contribution in [0.4, 0.5) is 10.8 Å². The Morgan fingerprint density at radius 2 is 2.07 bits per heavy atom. The van der Waals surface area contributed by atoms with E-state index in [1.165, 1.54) is 23.1 Å². The van der Waals surface area contributed by atoms with E-state index in [2.05, 4.69) is 15.5 Å². The maximum absolute atomic E-state index is 12.4. The molecule has 9 heteroatoms. The highest BCUT2D eigenvalue weighted by atomic mass is 32.2. The molecule has 0 saturated heterocycles. The molecule has 0 aliphatic carbocycles. The van der Waals surface area contributed by atoms with Crippen LogP contribution in [0.1, 0.15) is 17.3 Å². The van der Waals surface area contributed by atoms with E-state index < -0.39 is 0 Å². The van der Waals surface area contributed by atoms with Crippen molar-refractivity contribution in [1.29, 1.82) is 0 Å². The highest BCUT2D eigenvalue weighted by Gasteiger charge is 2.17. The lowest BCUT2D eigenvalue weighted by Gasteiger charge is -2.09. The predicted molar refractivity (Wildman–Crippen MR) is 108 cm³/mol. The Labute approximate surface area is 170 Å². The Bertz CT molecular complexity index is 993. The van der Waals surface area contributed by atoms with E-state index in [0.29, 0.717) is 33.1 Å². The lowest BCUT2D eigenvalue weighted by atomic mass is 10.1. The number of carbonyl (C=O) groups is 1. The van der Waals surface area contributed by atoms with Crippen molar-refractivity contribution in [1.82, 2.24) is 10.2 Å². The van der Waals surface area contributed by atoms with Crippen LogP contribution >= 0.6 is 23.1 Å². The molecule has 2 heterocycles. The van der Waals surface area contributed by atoms with E-state index in [1.54, 1.807) is 18.2 Å². The number of fused-ring (bicyclic) bond motifs is 1. The zero-order valence-corrected chi connectivity index (χ0v) is 16.6. The number of ketones is 1. The number of nitrogens with one attached hydrogen (secondary N) is 1. The quantitative estimate of drug-likeness (QED) is 0.429. The lowest BCUT2D eigenvalue weighted by molar-refractivity contribution is 0.102. The maximum atomic E-state index is 12.4. The van der Waals surface area contributed by atoms with Crippen molar-refractivity contribution in [3.05, 3.63) is 48.0 Å². The molecule has 1 aromatic heterocycles. The molecule has 0 atom stereocenters. The normalized spacial score (nSPS) is 12.0. The Morgan fingerprint density at radius 1 is 1.21 bits per heavy atom. The number of para-hydroxylation sites is 2. The van der Waals surface area contributed by atoms with Crippen LogP contribution in [-0.2, 0) is 0 Å². The second-order valence-electron chi connectivity index (χ2n) is 5.71. The van der Waals surface area contributed by atoms with Crippen LogP contribution < -0.4 is 19.5 Å². The number of benzene rings is 2. The molecule has 1 aliphatic heterocycles. The molecule has 28 heavy (non-hydrogen) atoms. The molecule has 0 fully saturated rings. The smallest absolute Gasteiger partial charge is 0.231 e. The summed E-state index contributed by atoms with van der Waals surface area (Å²) in [7, 11) is 0. The Morgan fingerprint density at radius 3 is 2.96 bits per heavy atom. The van der Waals surface area contributed by atoms with E-state index in [4.69, 9.17) is 14.2 Å². The molecular formula is C19H17N3O4S2. The van der Waals surface area contributed by atoms with Gasteiger partial charge in [-0.3, -0.25) is 4.79 Å². The number of thioether (sulfide) groups is 1. The van der Waals surface area contributed by atoms with Gasteiger partial charge in [-0.05, 0) is 37.3 Å². The van der Waals surface area contributed by atoms with E-state index in [-0.39, 0.29) is 18.3 Å². The van der Waals surface area contributed by atoms with Gasteiger partial charge < -0.3 is 19.5 Å². The number of anilines is 2. The van der Waals surface area contributed by atoms with Crippen molar-refractivity contribution in [2.24, 2.45) is 0 Å². The number of hydrogen-bond donors (Lipinski definition) is 1. The van der Waals surface area contributed by atoms with Crippen LogP contribution in [-0.4, -0.2) is 35.1 Å². The van der Waals surface area contributed by atoms with Crippen LogP contribution in [0.25, 0.3) is 0 Å². The van der Waals surface area contributed by atoms with E-state index >= 15 is 0 Å². The van der Waals surface area contributed by atoms with Crippen molar-refractivity contribution in [3.8, 4) is 17.2 Å². The Kier molecular flexibility index (Phi) is 5.63. The molecule has 7 nitrogen and oxygen atoms in total. The largest absolute Gasteiger partial charge is 0.492 e. The molecule has 0 saturated carbocycles. The number of nitrogens with zero attached hydrogens (tertiary/aromatic N) is 2. The topological polar surface area (TPSA) is 82.6 Å². The summed E-state index contributed by atoms with van der Waals surface area (Å²) < 4.78 is 16.9. The van der Waals surface area contributed by atoms with Gasteiger partial charge in [-0.25, -0.2) is 0 Å². The first kappa shape index (κ1) is 18.6. The zero-order valence-electron chi connectivity index (χ0n) is 15.0. The van der Waals surface area contributed by atoms with Crippen molar-refractivity contribution in [3.63, 3.8) is 0 Å². The summed E-state index contributed by atoms with van der Waals surface area (Å²) in [4.78, 5) is 12.4. The average Bonchev–Trinajstić information content (AvgIpc) is 3.36. The number of hydrogen-bond acceptors (Lipinski definition) is 9. The lowest BCUT2D eigenvalue weighted by Crippen LogP contribution is -2.02. The van der Waals surface area contributed by atoms with Gasteiger partial charge in [0, 0.05) is 5.56 Å². The molecule has 2 aromatic carbocycles. The third-order valence-electron chi connectivity index (χ3n) is 3.86. The molecule has 0 amide bonds. The molecule has 1 N–H and O–H groups in total. The fourth-order valence-corrected chi connectivity index (χ4v) is 4.22. The standard InChI is InChI=1S/C19H17N3O4S2/c1-2-24-15-6-4-3-5-13(15)20-18-21-22-19(28-18)27-10-14(23)12-7-8-16-17(9-12)26-11-25-16/h3-9H,2,10-11H2,1H3,(H,20,21). The molecule has 0 bridgehead atoms. The van der Waals surface area contributed by atoms with Gasteiger partial charge in [-0.2, -0.15) is 0 Å². The first-order valence-corrected chi connectivity index (χ1v) is 10.4. The average molecular weight is 415 g/mol. The molecule has 144 valence electrons. The van der Waals surface area contributed by atoms with Gasteiger partial charge in [0.25, 0.3) is 0 Å². The van der Waals surface area contributed by atoms with Gasteiger partial charge in [0.15, 0.2) is 21.6 Å². The van der Waals surface area contributed by atoms with Gasteiger partial charge >= 0.3 is 0 Å². The van der Waals surface area contributed by atoms with Gasteiger partial charge in [0.2, 0.25) is 11.9 Å². The zero-order chi connectivity index (χ0) is 19.3.